The van der Waals surface area contributed by atoms with Crippen LogP contribution in [-0.2, 0) is 9.53 Å². The standard InChI is InChI=1S/C20H37N3O3/c1-15(2)17(24)21-11-9-7-8-10-12-22-18(25)26-16-13-19(3,4)23-20(5,6)14-16/h16,23H,1,7-14H2,2-6H3,(H,21,24)(H,22,25). The van der Waals surface area contributed by atoms with E-state index in [0.29, 0.717) is 18.7 Å². The number of carbonyl (C=O) groups excluding carboxylic acids is 2. The van der Waals surface area contributed by atoms with Crippen molar-refractivity contribution in [1.29, 1.82) is 0 Å². The van der Waals surface area contributed by atoms with E-state index in [0.717, 1.165) is 38.5 Å². The fraction of sp³-hybridized carbons (Fsp3) is 0.800. The predicted octanol–water partition coefficient (Wildman–Crippen LogP) is 3.27. The van der Waals surface area contributed by atoms with Crippen LogP contribution in [0, 0.1) is 0 Å². The van der Waals surface area contributed by atoms with Gasteiger partial charge in [-0.1, -0.05) is 19.4 Å². The zero-order valence-electron chi connectivity index (χ0n) is 17.2. The van der Waals surface area contributed by atoms with Gasteiger partial charge in [0.25, 0.3) is 0 Å². The van der Waals surface area contributed by atoms with E-state index >= 15 is 0 Å². The van der Waals surface area contributed by atoms with E-state index in [2.05, 4.69) is 50.2 Å². The van der Waals surface area contributed by atoms with Gasteiger partial charge >= 0.3 is 6.09 Å². The molecule has 3 N–H and O–H groups in total. The maximum Gasteiger partial charge on any atom is 0.407 e. The lowest BCUT2D eigenvalue weighted by atomic mass is 9.81. The Morgan fingerprint density at radius 1 is 1.00 bits per heavy atom. The number of amides is 2. The molecule has 0 spiro atoms. The van der Waals surface area contributed by atoms with Gasteiger partial charge in [-0.2, -0.15) is 0 Å². The van der Waals surface area contributed by atoms with Gasteiger partial charge in [0.15, 0.2) is 0 Å². The molecule has 1 rings (SSSR count). The van der Waals surface area contributed by atoms with Crippen LogP contribution in [0.4, 0.5) is 4.79 Å². The number of carbonyl (C=O) groups is 2. The number of rotatable bonds is 9. The first kappa shape index (κ1) is 22.5. The molecule has 1 heterocycles. The van der Waals surface area contributed by atoms with Gasteiger partial charge in [0, 0.05) is 42.6 Å². The Hall–Kier alpha value is -1.56. The summed E-state index contributed by atoms with van der Waals surface area (Å²) in [6, 6.07) is 0. The van der Waals surface area contributed by atoms with Crippen molar-refractivity contribution in [1.82, 2.24) is 16.0 Å². The Labute approximate surface area is 158 Å². The van der Waals surface area contributed by atoms with E-state index in [9.17, 15) is 9.59 Å². The normalized spacial score (nSPS) is 18.8. The number of piperidine rings is 1. The Morgan fingerprint density at radius 2 is 1.50 bits per heavy atom. The smallest absolute Gasteiger partial charge is 0.407 e. The summed E-state index contributed by atoms with van der Waals surface area (Å²) in [4.78, 5) is 23.3. The Balaban J connectivity index is 2.10. The second-order valence-electron chi connectivity index (χ2n) is 8.71. The van der Waals surface area contributed by atoms with Crippen LogP contribution in [0.3, 0.4) is 0 Å². The number of ether oxygens (including phenoxy) is 1. The third-order valence-corrected chi connectivity index (χ3v) is 4.47. The molecule has 0 saturated carbocycles. The maximum atomic E-state index is 12.0. The number of hydrogen-bond donors (Lipinski definition) is 3. The van der Waals surface area contributed by atoms with Crippen molar-refractivity contribution in [3.8, 4) is 0 Å². The minimum absolute atomic E-state index is 0.0355. The van der Waals surface area contributed by atoms with Gasteiger partial charge < -0.3 is 20.7 Å². The Morgan fingerprint density at radius 3 is 2.00 bits per heavy atom. The fourth-order valence-electron chi connectivity index (χ4n) is 3.65. The third kappa shape index (κ3) is 9.22. The minimum Gasteiger partial charge on any atom is -0.446 e. The highest BCUT2D eigenvalue weighted by molar-refractivity contribution is 5.91. The molecule has 0 aromatic rings. The molecule has 0 aromatic carbocycles. The van der Waals surface area contributed by atoms with Crippen LogP contribution in [0.1, 0.15) is 73.1 Å². The van der Waals surface area contributed by atoms with E-state index in [1.165, 1.54) is 0 Å². The second-order valence-corrected chi connectivity index (χ2v) is 8.71. The van der Waals surface area contributed by atoms with Gasteiger partial charge in [-0.05, 0) is 47.5 Å². The average molecular weight is 368 g/mol. The van der Waals surface area contributed by atoms with Gasteiger partial charge in [0.2, 0.25) is 5.91 Å². The molecule has 0 atom stereocenters. The van der Waals surface area contributed by atoms with Crippen LogP contribution in [0.25, 0.3) is 0 Å². The molecule has 150 valence electrons. The van der Waals surface area contributed by atoms with E-state index in [-0.39, 0.29) is 29.2 Å². The Bertz CT molecular complexity index is 485. The van der Waals surface area contributed by atoms with Crippen LogP contribution in [-0.4, -0.2) is 42.3 Å². The van der Waals surface area contributed by atoms with Crippen LogP contribution >= 0.6 is 0 Å². The molecule has 0 aromatic heterocycles. The van der Waals surface area contributed by atoms with E-state index in [4.69, 9.17) is 4.74 Å². The molecule has 1 aliphatic heterocycles. The van der Waals surface area contributed by atoms with Crippen LogP contribution < -0.4 is 16.0 Å². The monoisotopic (exact) mass is 367 g/mol. The zero-order valence-corrected chi connectivity index (χ0v) is 17.2. The van der Waals surface area contributed by atoms with Gasteiger partial charge in [-0.25, -0.2) is 4.79 Å². The molecule has 0 aliphatic carbocycles. The second kappa shape index (κ2) is 9.95. The molecule has 6 nitrogen and oxygen atoms in total. The zero-order chi connectivity index (χ0) is 19.8. The van der Waals surface area contributed by atoms with Crippen LogP contribution in [0.5, 0.6) is 0 Å². The highest BCUT2D eigenvalue weighted by Crippen LogP contribution is 2.30. The summed E-state index contributed by atoms with van der Waals surface area (Å²) in [7, 11) is 0. The highest BCUT2D eigenvalue weighted by Gasteiger charge is 2.39. The number of alkyl carbamates (subject to hydrolysis) is 1. The molecule has 1 saturated heterocycles. The van der Waals surface area contributed by atoms with E-state index in [1.54, 1.807) is 6.92 Å². The lowest BCUT2D eigenvalue weighted by Crippen LogP contribution is -2.60. The summed E-state index contributed by atoms with van der Waals surface area (Å²) in [6.45, 7) is 15.1. The number of hydrogen-bond acceptors (Lipinski definition) is 4. The lowest BCUT2D eigenvalue weighted by Gasteiger charge is -2.45. The van der Waals surface area contributed by atoms with Crippen molar-refractivity contribution < 1.29 is 14.3 Å². The lowest BCUT2D eigenvalue weighted by molar-refractivity contribution is -0.117. The third-order valence-electron chi connectivity index (χ3n) is 4.47. The van der Waals surface area contributed by atoms with Gasteiger partial charge in [-0.15, -0.1) is 0 Å². The summed E-state index contributed by atoms with van der Waals surface area (Å²) in [5.41, 5.74) is 0.464. The quantitative estimate of drug-likeness (QED) is 0.432. The summed E-state index contributed by atoms with van der Waals surface area (Å²) in [6.07, 6.45) is 5.13. The van der Waals surface area contributed by atoms with Gasteiger partial charge in [0.05, 0.1) is 0 Å². The molecule has 0 radical (unpaired) electrons. The molecule has 26 heavy (non-hydrogen) atoms. The Kier molecular flexibility index (Phi) is 8.60. The highest BCUT2D eigenvalue weighted by atomic mass is 16.6. The van der Waals surface area contributed by atoms with Crippen molar-refractivity contribution in [2.24, 2.45) is 0 Å². The van der Waals surface area contributed by atoms with Crippen molar-refractivity contribution in [2.45, 2.75) is 90.3 Å². The van der Waals surface area contributed by atoms with E-state index < -0.39 is 0 Å². The van der Waals surface area contributed by atoms with Crippen molar-refractivity contribution >= 4 is 12.0 Å². The summed E-state index contributed by atoms with van der Waals surface area (Å²) in [5, 5.41) is 9.24. The van der Waals surface area contributed by atoms with Crippen LogP contribution in [0.2, 0.25) is 0 Å². The first-order chi connectivity index (χ1) is 12.0. The minimum atomic E-state index is -0.322. The number of unbranched alkanes of at least 4 members (excludes halogenated alkanes) is 3. The molecule has 6 heteroatoms. The molecule has 0 bridgehead atoms. The van der Waals surface area contributed by atoms with Crippen molar-refractivity contribution in [2.75, 3.05) is 13.1 Å². The molecular formula is C20H37N3O3. The topological polar surface area (TPSA) is 79.5 Å². The summed E-state index contributed by atoms with van der Waals surface area (Å²) >= 11 is 0. The largest absolute Gasteiger partial charge is 0.446 e. The predicted molar refractivity (Wildman–Crippen MR) is 105 cm³/mol. The number of nitrogens with one attached hydrogen (secondary N) is 3. The first-order valence-electron chi connectivity index (χ1n) is 9.68. The van der Waals surface area contributed by atoms with Crippen molar-refractivity contribution in [3.63, 3.8) is 0 Å². The summed E-state index contributed by atoms with van der Waals surface area (Å²) in [5.74, 6) is -0.0846. The SMILES string of the molecule is C=C(C)C(=O)NCCCCCCNC(=O)OC1CC(C)(C)NC(C)(C)C1. The molecule has 0 unspecified atom stereocenters. The molecule has 1 fully saturated rings. The summed E-state index contributed by atoms with van der Waals surface area (Å²) < 4.78 is 5.61. The first-order valence-corrected chi connectivity index (χ1v) is 9.68. The van der Waals surface area contributed by atoms with Gasteiger partial charge in [-0.3, -0.25) is 4.79 Å². The molecular weight excluding hydrogens is 330 g/mol. The fourth-order valence-corrected chi connectivity index (χ4v) is 3.65. The van der Waals surface area contributed by atoms with Crippen LogP contribution in [0.15, 0.2) is 12.2 Å². The van der Waals surface area contributed by atoms with Crippen molar-refractivity contribution in [3.05, 3.63) is 12.2 Å². The van der Waals surface area contributed by atoms with E-state index in [1.807, 2.05) is 0 Å². The molecule has 1 aliphatic rings. The van der Waals surface area contributed by atoms with Gasteiger partial charge in [0.1, 0.15) is 6.10 Å². The maximum absolute atomic E-state index is 12.0. The molecule has 2 amide bonds. The average Bonchev–Trinajstić information content (AvgIpc) is 2.46.